The average molecular weight is 358 g/mol. The van der Waals surface area contributed by atoms with Crippen molar-refractivity contribution in [3.8, 4) is 0 Å². The van der Waals surface area contributed by atoms with Gasteiger partial charge >= 0.3 is 0 Å². The molecule has 0 bridgehead atoms. The largest absolute Gasteiger partial charge is 0.365 e. The Kier molecular flexibility index (Phi) is 3.96. The number of nitrogens with one attached hydrogen (secondary N) is 1. The Bertz CT molecular complexity index is 785. The molecular weight excluding hydrogens is 338 g/mol. The fourth-order valence-electron chi connectivity index (χ4n) is 2.47. The first-order valence-corrected chi connectivity index (χ1v) is 8.20. The van der Waals surface area contributed by atoms with E-state index < -0.39 is 0 Å². The molecule has 1 aromatic carbocycles. The monoisotopic (exact) mass is 357 g/mol. The molecule has 114 valence electrons. The van der Waals surface area contributed by atoms with Gasteiger partial charge in [0.2, 0.25) is 0 Å². The van der Waals surface area contributed by atoms with E-state index in [2.05, 4.69) is 76.9 Å². The molecule has 0 aliphatic carbocycles. The van der Waals surface area contributed by atoms with E-state index in [9.17, 15) is 0 Å². The number of aromatic nitrogens is 2. The molecule has 22 heavy (non-hydrogen) atoms. The van der Waals surface area contributed by atoms with Crippen molar-refractivity contribution in [2.45, 2.75) is 32.7 Å². The number of imidazole rings is 1. The Balaban J connectivity index is 2.09. The molecule has 0 atom stereocenters. The van der Waals surface area contributed by atoms with Crippen LogP contribution in [0.1, 0.15) is 32.0 Å². The molecule has 3 nitrogen and oxygen atoms in total. The van der Waals surface area contributed by atoms with E-state index in [1.807, 2.05) is 18.2 Å². The van der Waals surface area contributed by atoms with E-state index in [-0.39, 0.29) is 5.54 Å². The van der Waals surface area contributed by atoms with E-state index >= 15 is 0 Å². The van der Waals surface area contributed by atoms with Gasteiger partial charge in [-0.3, -0.25) is 4.40 Å². The highest BCUT2D eigenvalue weighted by Gasteiger charge is 2.18. The molecule has 0 spiro atoms. The molecular formula is C18H20BrN3. The van der Waals surface area contributed by atoms with Crippen LogP contribution < -0.4 is 5.32 Å². The van der Waals surface area contributed by atoms with Crippen LogP contribution in [0.15, 0.2) is 53.1 Å². The lowest BCUT2D eigenvalue weighted by molar-refractivity contribution is 0.628. The van der Waals surface area contributed by atoms with Gasteiger partial charge in [0.05, 0.1) is 5.69 Å². The van der Waals surface area contributed by atoms with Crippen LogP contribution in [-0.4, -0.2) is 14.9 Å². The van der Waals surface area contributed by atoms with E-state index in [0.29, 0.717) is 0 Å². The second-order valence-electron chi connectivity index (χ2n) is 6.52. The van der Waals surface area contributed by atoms with Crippen molar-refractivity contribution < 1.29 is 0 Å². The minimum absolute atomic E-state index is 0.0241. The predicted molar refractivity (Wildman–Crippen MR) is 95.5 cm³/mol. The number of benzene rings is 1. The van der Waals surface area contributed by atoms with Gasteiger partial charge < -0.3 is 5.32 Å². The van der Waals surface area contributed by atoms with Crippen molar-refractivity contribution >= 4 is 27.4 Å². The highest BCUT2D eigenvalue weighted by atomic mass is 79.9. The molecule has 0 saturated heterocycles. The molecule has 0 aliphatic heterocycles. The molecule has 4 heteroatoms. The third-order valence-corrected chi connectivity index (χ3v) is 3.83. The van der Waals surface area contributed by atoms with Gasteiger partial charge in [0.1, 0.15) is 11.5 Å². The lowest BCUT2D eigenvalue weighted by atomic mass is 10.1. The molecule has 3 aromatic rings. The summed E-state index contributed by atoms with van der Waals surface area (Å²) in [5.74, 6) is 1.06. The maximum atomic E-state index is 4.81. The number of fused-ring (bicyclic) bond motifs is 1. The average Bonchev–Trinajstić information content (AvgIpc) is 2.76. The third kappa shape index (κ3) is 3.33. The topological polar surface area (TPSA) is 29.3 Å². The van der Waals surface area contributed by atoms with Crippen molar-refractivity contribution in [1.82, 2.24) is 9.38 Å². The summed E-state index contributed by atoms with van der Waals surface area (Å²) in [6.07, 6.45) is 2.88. The second kappa shape index (κ2) is 5.76. The summed E-state index contributed by atoms with van der Waals surface area (Å²) in [4.78, 5) is 4.81. The van der Waals surface area contributed by atoms with Gasteiger partial charge in [-0.1, -0.05) is 30.3 Å². The number of pyridine rings is 1. The number of rotatable bonds is 3. The first-order chi connectivity index (χ1) is 10.4. The van der Waals surface area contributed by atoms with E-state index in [1.54, 1.807) is 0 Å². The van der Waals surface area contributed by atoms with Crippen LogP contribution >= 0.6 is 15.9 Å². The van der Waals surface area contributed by atoms with Crippen LogP contribution in [0.25, 0.3) is 5.65 Å². The second-order valence-corrected chi connectivity index (χ2v) is 7.44. The summed E-state index contributed by atoms with van der Waals surface area (Å²) in [6, 6.07) is 14.5. The minimum Gasteiger partial charge on any atom is -0.365 e. The minimum atomic E-state index is -0.0241. The number of hydrogen-bond acceptors (Lipinski definition) is 2. The molecule has 3 rings (SSSR count). The summed E-state index contributed by atoms with van der Waals surface area (Å²) >= 11 is 3.55. The van der Waals surface area contributed by atoms with Crippen molar-refractivity contribution in [3.05, 3.63) is 64.4 Å². The van der Waals surface area contributed by atoms with Gasteiger partial charge in [0, 0.05) is 22.6 Å². The fraction of sp³-hybridized carbons (Fsp3) is 0.278. The quantitative estimate of drug-likeness (QED) is 0.722. The molecule has 0 amide bonds. The van der Waals surface area contributed by atoms with Crippen LogP contribution in [0.5, 0.6) is 0 Å². The van der Waals surface area contributed by atoms with Gasteiger partial charge in [-0.25, -0.2) is 4.98 Å². The van der Waals surface area contributed by atoms with Crippen LogP contribution in [0.3, 0.4) is 0 Å². The maximum absolute atomic E-state index is 4.81. The number of hydrogen-bond donors (Lipinski definition) is 1. The number of nitrogens with zero attached hydrogens (tertiary/aromatic N) is 2. The smallest absolute Gasteiger partial charge is 0.138 e. The first-order valence-electron chi connectivity index (χ1n) is 7.41. The number of anilines is 1. The molecule has 2 heterocycles. The Hall–Kier alpha value is -1.81. The number of halogens is 1. The normalized spacial score (nSPS) is 11.8. The van der Waals surface area contributed by atoms with Gasteiger partial charge in [-0.05, 0) is 54.4 Å². The van der Waals surface area contributed by atoms with E-state index in [1.165, 1.54) is 5.56 Å². The van der Waals surface area contributed by atoms with E-state index in [4.69, 9.17) is 4.98 Å². The molecule has 0 unspecified atom stereocenters. The summed E-state index contributed by atoms with van der Waals surface area (Å²) in [6.45, 7) is 6.49. The molecule has 0 saturated carbocycles. The van der Waals surface area contributed by atoms with Crippen molar-refractivity contribution in [1.29, 1.82) is 0 Å². The zero-order valence-corrected chi connectivity index (χ0v) is 14.7. The molecule has 0 fully saturated rings. The zero-order chi connectivity index (χ0) is 15.7. The van der Waals surface area contributed by atoms with Gasteiger partial charge in [0.25, 0.3) is 0 Å². The molecule has 2 aromatic heterocycles. The highest BCUT2D eigenvalue weighted by molar-refractivity contribution is 9.10. The lowest BCUT2D eigenvalue weighted by Crippen LogP contribution is -2.27. The van der Waals surface area contributed by atoms with Gasteiger partial charge in [-0.2, -0.15) is 0 Å². The van der Waals surface area contributed by atoms with Crippen LogP contribution in [0.4, 0.5) is 5.82 Å². The third-order valence-electron chi connectivity index (χ3n) is 3.36. The van der Waals surface area contributed by atoms with Crippen LogP contribution in [-0.2, 0) is 6.42 Å². The van der Waals surface area contributed by atoms with Crippen molar-refractivity contribution in [2.75, 3.05) is 5.32 Å². The Morgan fingerprint density at radius 2 is 1.82 bits per heavy atom. The Morgan fingerprint density at radius 3 is 2.50 bits per heavy atom. The van der Waals surface area contributed by atoms with Gasteiger partial charge in [0.15, 0.2) is 0 Å². The Morgan fingerprint density at radius 1 is 1.09 bits per heavy atom. The summed E-state index contributed by atoms with van der Waals surface area (Å²) < 4.78 is 3.16. The molecule has 0 aliphatic rings. The maximum Gasteiger partial charge on any atom is 0.138 e. The lowest BCUT2D eigenvalue weighted by Gasteiger charge is -2.22. The standard InChI is InChI=1S/C18H20BrN3/c1-18(2,3)21-17-15(11-13-7-5-4-6-8-13)20-16-10-9-14(19)12-22(16)17/h4-10,12,21H,11H2,1-3H3. The van der Waals surface area contributed by atoms with Crippen molar-refractivity contribution in [2.24, 2.45) is 0 Å². The summed E-state index contributed by atoms with van der Waals surface area (Å²) in [5, 5.41) is 3.60. The summed E-state index contributed by atoms with van der Waals surface area (Å²) in [5.41, 5.74) is 3.27. The highest BCUT2D eigenvalue weighted by Crippen LogP contribution is 2.26. The molecule has 1 N–H and O–H groups in total. The first kappa shape index (κ1) is 15.1. The molecule has 0 radical (unpaired) electrons. The van der Waals surface area contributed by atoms with Crippen LogP contribution in [0.2, 0.25) is 0 Å². The summed E-state index contributed by atoms with van der Waals surface area (Å²) in [7, 11) is 0. The van der Waals surface area contributed by atoms with Gasteiger partial charge in [-0.15, -0.1) is 0 Å². The van der Waals surface area contributed by atoms with E-state index in [0.717, 1.165) is 28.1 Å². The van der Waals surface area contributed by atoms with Crippen molar-refractivity contribution in [3.63, 3.8) is 0 Å². The predicted octanol–water partition coefficient (Wildman–Crippen LogP) is 4.90. The zero-order valence-electron chi connectivity index (χ0n) is 13.1. The SMILES string of the molecule is CC(C)(C)Nc1c(Cc2ccccc2)nc2ccc(Br)cn12. The fourth-order valence-corrected chi connectivity index (χ4v) is 2.80. The Labute approximate surface area is 139 Å². The van der Waals surface area contributed by atoms with Crippen LogP contribution in [0, 0.1) is 0 Å².